The van der Waals surface area contributed by atoms with E-state index in [0.717, 1.165) is 96.7 Å². The molecule has 0 amide bonds. The summed E-state index contributed by atoms with van der Waals surface area (Å²) in [6.07, 6.45) is 74.0. The van der Waals surface area contributed by atoms with Crippen molar-refractivity contribution in [2.24, 2.45) is 11.8 Å². The number of cyclic esters (lactones) is 1. The van der Waals surface area contributed by atoms with E-state index >= 15 is 0 Å². The van der Waals surface area contributed by atoms with Crippen molar-refractivity contribution < 1.29 is 28.7 Å². The summed E-state index contributed by atoms with van der Waals surface area (Å²) in [6, 6.07) is 4.93. The van der Waals surface area contributed by atoms with Crippen molar-refractivity contribution in [1.29, 1.82) is 0 Å². The Morgan fingerprint density at radius 1 is 0.364 bits per heavy atom. The molecule has 0 aromatic heterocycles. The van der Waals surface area contributed by atoms with Gasteiger partial charge >= 0.3 is 5.97 Å². The van der Waals surface area contributed by atoms with Crippen LogP contribution in [0.4, 0.5) is 0 Å². The Bertz CT molecular complexity index is 1950. The summed E-state index contributed by atoms with van der Waals surface area (Å²) in [4.78, 5) is 46.3. The Labute approximate surface area is 545 Å². The molecule has 4 aliphatic carbocycles. The van der Waals surface area contributed by atoms with Crippen LogP contribution < -0.4 is 0 Å². The number of ether oxygens (including phenoxy) is 2. The van der Waals surface area contributed by atoms with E-state index in [1.165, 1.54) is 262 Å². The number of Topliss-reactive ketones (excluding diaryl/α,β-unsaturated/α-hetero) is 3. The van der Waals surface area contributed by atoms with E-state index in [1.807, 2.05) is 0 Å². The van der Waals surface area contributed by atoms with Gasteiger partial charge < -0.3 is 9.47 Å². The summed E-state index contributed by atoms with van der Waals surface area (Å²) in [5.41, 5.74) is 6.57. The highest BCUT2D eigenvalue weighted by Crippen LogP contribution is 2.54. The van der Waals surface area contributed by atoms with Gasteiger partial charge in [-0.1, -0.05) is 284 Å². The van der Waals surface area contributed by atoms with Gasteiger partial charge in [-0.15, -0.1) is 0 Å². The molecular weight excluding hydrogens is 1080 g/mol. The minimum absolute atomic E-state index is 0.0112. The van der Waals surface area contributed by atoms with E-state index < -0.39 is 0 Å². The summed E-state index contributed by atoms with van der Waals surface area (Å²) >= 11 is 0. The molecular formula is C82H142O6. The van der Waals surface area contributed by atoms with Crippen molar-refractivity contribution >= 4 is 23.3 Å². The Morgan fingerprint density at radius 2 is 0.682 bits per heavy atom. The van der Waals surface area contributed by atoms with E-state index in [2.05, 4.69) is 84.9 Å². The molecule has 1 aromatic rings. The van der Waals surface area contributed by atoms with E-state index in [4.69, 9.17) is 9.47 Å². The van der Waals surface area contributed by atoms with E-state index in [9.17, 15) is 19.2 Å². The molecule has 2 aliphatic heterocycles. The summed E-state index contributed by atoms with van der Waals surface area (Å²) in [6.45, 7) is 18.8. The maximum absolute atomic E-state index is 11.7. The third-order valence-corrected chi connectivity index (χ3v) is 20.9. The van der Waals surface area contributed by atoms with Gasteiger partial charge in [0.15, 0.2) is 0 Å². The zero-order chi connectivity index (χ0) is 63.6. The van der Waals surface area contributed by atoms with Crippen molar-refractivity contribution in [3.8, 4) is 0 Å². The molecule has 0 spiro atoms. The molecule has 1 saturated heterocycles. The van der Waals surface area contributed by atoms with Crippen LogP contribution in [0.2, 0.25) is 0 Å². The van der Waals surface area contributed by atoms with Gasteiger partial charge in [0.1, 0.15) is 17.3 Å². The highest BCUT2D eigenvalue weighted by atomic mass is 16.5. The molecule has 2 heterocycles. The zero-order valence-electron chi connectivity index (χ0n) is 59.2. The highest BCUT2D eigenvalue weighted by Gasteiger charge is 2.49. The first-order valence-corrected chi connectivity index (χ1v) is 38.5. The molecule has 3 unspecified atom stereocenters. The summed E-state index contributed by atoms with van der Waals surface area (Å²) in [7, 11) is 0. The molecule has 506 valence electrons. The molecule has 6 nitrogen and oxygen atoms in total. The molecule has 1 aromatic carbocycles. The SMILES string of the molecule is CC1CCCCCCCCCCCCC(=O)C1.CC1COCc2cc3c(cc21)C(C)(C)C(C)C3(C)C.O=C1CCCCCC/C=C/CCCCCCC1.O=C1CCCCCCC/C=C\CCCCCCC1.O=C1CCCCCCCCCCCCCCO1. The van der Waals surface area contributed by atoms with Gasteiger partial charge in [-0.3, -0.25) is 19.2 Å². The van der Waals surface area contributed by atoms with Crippen LogP contribution in [-0.4, -0.2) is 36.5 Å². The average molecular weight is 1220 g/mol. The second kappa shape index (κ2) is 51.6. The second-order valence-corrected chi connectivity index (χ2v) is 29.7. The Morgan fingerprint density at radius 3 is 1.08 bits per heavy atom. The molecule has 6 heteroatoms. The lowest BCUT2D eigenvalue weighted by molar-refractivity contribution is -0.144. The van der Waals surface area contributed by atoms with Crippen molar-refractivity contribution in [2.45, 2.75) is 412 Å². The first-order chi connectivity index (χ1) is 42.7. The van der Waals surface area contributed by atoms with Crippen LogP contribution >= 0.6 is 0 Å². The maximum Gasteiger partial charge on any atom is 0.305 e. The lowest BCUT2D eigenvalue weighted by atomic mass is 9.71. The maximum atomic E-state index is 11.7. The molecule has 0 radical (unpaired) electrons. The van der Waals surface area contributed by atoms with E-state index in [-0.39, 0.29) is 16.8 Å². The van der Waals surface area contributed by atoms with Crippen molar-refractivity contribution in [3.63, 3.8) is 0 Å². The van der Waals surface area contributed by atoms with Crippen LogP contribution in [0.5, 0.6) is 0 Å². The number of rotatable bonds is 0. The van der Waals surface area contributed by atoms with Crippen LogP contribution in [0, 0.1) is 11.8 Å². The van der Waals surface area contributed by atoms with E-state index in [1.54, 1.807) is 11.1 Å². The van der Waals surface area contributed by atoms with Crippen molar-refractivity contribution in [3.05, 3.63) is 58.7 Å². The van der Waals surface area contributed by atoms with Gasteiger partial charge in [-0.25, -0.2) is 0 Å². The second-order valence-electron chi connectivity index (χ2n) is 29.7. The molecule has 0 bridgehead atoms. The molecule has 6 aliphatic rings. The molecule has 0 N–H and O–H groups in total. The van der Waals surface area contributed by atoms with Crippen LogP contribution in [-0.2, 0) is 46.1 Å². The average Bonchev–Trinajstić information content (AvgIpc) is 1.66. The van der Waals surface area contributed by atoms with Crippen molar-refractivity contribution in [1.82, 2.24) is 0 Å². The number of ketones is 3. The fourth-order valence-corrected chi connectivity index (χ4v) is 14.3. The van der Waals surface area contributed by atoms with Crippen molar-refractivity contribution in [2.75, 3.05) is 13.2 Å². The summed E-state index contributed by atoms with van der Waals surface area (Å²) in [5, 5.41) is 0. The number of carbonyl (C=O) groups is 4. The van der Waals surface area contributed by atoms with E-state index in [0.29, 0.717) is 48.1 Å². The first-order valence-electron chi connectivity index (χ1n) is 38.5. The predicted molar refractivity (Wildman–Crippen MR) is 378 cm³/mol. The Hall–Kier alpha value is -2.86. The van der Waals surface area contributed by atoms with Gasteiger partial charge in [0.05, 0.1) is 19.8 Å². The number of carbonyl (C=O) groups excluding carboxylic acids is 4. The number of allylic oxidation sites excluding steroid dienone is 4. The van der Waals surface area contributed by atoms with Crippen LogP contribution in [0.3, 0.4) is 0 Å². The summed E-state index contributed by atoms with van der Waals surface area (Å²) < 4.78 is 10.9. The molecule has 7 rings (SSSR count). The molecule has 1 saturated carbocycles. The van der Waals surface area contributed by atoms with Gasteiger partial charge in [-0.05, 0) is 141 Å². The Balaban J connectivity index is 0.000000288. The number of fused-ring (bicyclic) bond motifs is 2. The number of hydrogen-bond donors (Lipinski definition) is 0. The first kappa shape index (κ1) is 79.4. The quantitative estimate of drug-likeness (QED) is 0.190. The largest absolute Gasteiger partial charge is 0.466 e. The van der Waals surface area contributed by atoms with Crippen LogP contribution in [0.1, 0.15) is 417 Å². The van der Waals surface area contributed by atoms with Crippen LogP contribution in [0.15, 0.2) is 36.4 Å². The minimum Gasteiger partial charge on any atom is -0.466 e. The lowest BCUT2D eigenvalue weighted by Gasteiger charge is -2.32. The highest BCUT2D eigenvalue weighted by molar-refractivity contribution is 5.79. The molecule has 3 atom stereocenters. The Kier molecular flexibility index (Phi) is 46.6. The minimum atomic E-state index is 0.0112. The topological polar surface area (TPSA) is 86.7 Å². The third kappa shape index (κ3) is 38.2. The zero-order valence-corrected chi connectivity index (χ0v) is 59.2. The smallest absolute Gasteiger partial charge is 0.305 e. The number of benzene rings is 1. The lowest BCUT2D eigenvalue weighted by Crippen LogP contribution is -2.30. The summed E-state index contributed by atoms with van der Waals surface area (Å²) in [5.74, 6) is 3.33. The fraction of sp³-hybridized carbons (Fsp3) is 0.829. The number of hydrogen-bond acceptors (Lipinski definition) is 6. The monoisotopic (exact) mass is 1220 g/mol. The fourth-order valence-electron chi connectivity index (χ4n) is 14.3. The normalized spacial score (nSPS) is 26.0. The van der Waals surface area contributed by atoms with Gasteiger partial charge in [0.2, 0.25) is 0 Å². The third-order valence-electron chi connectivity index (χ3n) is 20.9. The number of esters is 1. The van der Waals surface area contributed by atoms with Gasteiger partial charge in [-0.2, -0.15) is 0 Å². The van der Waals surface area contributed by atoms with Crippen LogP contribution in [0.25, 0.3) is 0 Å². The molecule has 2 fully saturated rings. The molecule has 88 heavy (non-hydrogen) atoms. The van der Waals surface area contributed by atoms with Gasteiger partial charge in [0, 0.05) is 50.9 Å². The predicted octanol–water partition coefficient (Wildman–Crippen LogP) is 25.2. The van der Waals surface area contributed by atoms with Gasteiger partial charge in [0.25, 0.3) is 0 Å². The standard InChI is InChI=1S/C18H26O.C17H30O.C16H30O.C16H28O.C15H28O2/c1-11-9-19-10-13-7-15-16(8-14(11)13)18(5,6)12(2)17(15,3)4;18-17-15-13-11-9-7-5-3-1-2-4-6-8-10-12-14-16-17;1-15-12-10-8-6-4-2-3-5-7-9-11-13-16(17)14-15;17-16-14-12-10-8-6-4-2-1-3-5-7-9-11-13-15-16;16-15-13-11-9-7-5-3-1-2-4-6-8-10-12-14-17-15/h7-8,11-12H,9-10H2,1-6H3;1-2H,3-16H2;15H,2-14H2,1H3;1-2H,3-15H2;1-14H2/b;2-1-;;2-1+;.